The first-order valence-corrected chi connectivity index (χ1v) is 5.19. The van der Waals surface area contributed by atoms with E-state index in [2.05, 4.69) is 0 Å². The zero-order chi connectivity index (χ0) is 12.3. The van der Waals surface area contributed by atoms with Crippen LogP contribution in [0.4, 0.5) is 8.78 Å². The van der Waals surface area contributed by atoms with E-state index in [-0.39, 0.29) is 18.3 Å². The number of phenolic OH excluding ortho intramolecular Hbond substituents is 1. The Morgan fingerprint density at radius 3 is 2.56 bits per heavy atom. The SMILES string of the molecule is Cc1ccc(O)c(C(C)N(C)CC(F)F)c1. The minimum Gasteiger partial charge on any atom is -0.508 e. The van der Waals surface area contributed by atoms with Crippen molar-refractivity contribution in [1.82, 2.24) is 4.90 Å². The van der Waals surface area contributed by atoms with Crippen LogP contribution in [-0.2, 0) is 0 Å². The van der Waals surface area contributed by atoms with E-state index in [9.17, 15) is 13.9 Å². The summed E-state index contributed by atoms with van der Waals surface area (Å²) in [6.45, 7) is 3.41. The first-order chi connectivity index (χ1) is 7.41. The standard InChI is InChI=1S/C12H17F2NO/c1-8-4-5-11(16)10(6-8)9(2)15(3)7-12(13)14/h4-6,9,12,16H,7H2,1-3H3. The molecule has 0 fully saturated rings. The molecule has 0 radical (unpaired) electrons. The Bertz CT molecular complexity index is 355. The van der Waals surface area contributed by atoms with Crippen LogP contribution >= 0.6 is 0 Å². The van der Waals surface area contributed by atoms with Gasteiger partial charge in [-0.05, 0) is 27.0 Å². The average Bonchev–Trinajstić information content (AvgIpc) is 2.19. The third kappa shape index (κ3) is 3.17. The monoisotopic (exact) mass is 229 g/mol. The van der Waals surface area contributed by atoms with Crippen LogP contribution in [0, 0.1) is 6.92 Å². The summed E-state index contributed by atoms with van der Waals surface area (Å²) in [5.74, 6) is 0.152. The maximum Gasteiger partial charge on any atom is 0.251 e. The van der Waals surface area contributed by atoms with Crippen molar-refractivity contribution in [2.45, 2.75) is 26.3 Å². The summed E-state index contributed by atoms with van der Waals surface area (Å²) in [6.07, 6.45) is -2.36. The van der Waals surface area contributed by atoms with Crippen LogP contribution in [0.5, 0.6) is 5.75 Å². The third-order valence-corrected chi connectivity index (χ3v) is 2.72. The lowest BCUT2D eigenvalue weighted by Crippen LogP contribution is -2.27. The molecule has 0 aliphatic carbocycles. The molecular formula is C12H17F2NO. The molecule has 0 bridgehead atoms. The number of halogens is 2. The van der Waals surface area contributed by atoms with Gasteiger partial charge in [0, 0.05) is 11.6 Å². The molecule has 1 aromatic carbocycles. The van der Waals surface area contributed by atoms with Gasteiger partial charge < -0.3 is 5.11 Å². The molecule has 0 saturated heterocycles. The highest BCUT2D eigenvalue weighted by molar-refractivity contribution is 5.37. The number of aromatic hydroxyl groups is 1. The summed E-state index contributed by atoms with van der Waals surface area (Å²) in [5, 5.41) is 9.67. The molecule has 0 aromatic heterocycles. The van der Waals surface area contributed by atoms with Crippen molar-refractivity contribution in [2.24, 2.45) is 0 Å². The normalized spacial score (nSPS) is 13.4. The molecule has 4 heteroatoms. The molecule has 0 amide bonds. The second-order valence-corrected chi connectivity index (χ2v) is 4.07. The van der Waals surface area contributed by atoms with Gasteiger partial charge in [-0.15, -0.1) is 0 Å². The predicted octanol–water partition coefficient (Wildman–Crippen LogP) is 2.96. The topological polar surface area (TPSA) is 23.5 Å². The van der Waals surface area contributed by atoms with Crippen molar-refractivity contribution in [3.63, 3.8) is 0 Å². The van der Waals surface area contributed by atoms with E-state index in [1.54, 1.807) is 26.1 Å². The number of hydrogen-bond donors (Lipinski definition) is 1. The van der Waals surface area contributed by atoms with E-state index < -0.39 is 6.43 Å². The Morgan fingerprint density at radius 2 is 2.00 bits per heavy atom. The van der Waals surface area contributed by atoms with Crippen LogP contribution < -0.4 is 0 Å². The fourth-order valence-electron chi connectivity index (χ4n) is 1.62. The van der Waals surface area contributed by atoms with Gasteiger partial charge in [0.1, 0.15) is 5.75 Å². The lowest BCUT2D eigenvalue weighted by molar-refractivity contribution is 0.0837. The van der Waals surface area contributed by atoms with Gasteiger partial charge in [-0.2, -0.15) is 0 Å². The van der Waals surface area contributed by atoms with Gasteiger partial charge in [-0.25, -0.2) is 8.78 Å². The minimum atomic E-state index is -2.36. The second kappa shape index (κ2) is 5.25. The maximum atomic E-state index is 12.2. The van der Waals surface area contributed by atoms with Gasteiger partial charge in [0.05, 0.1) is 6.54 Å². The molecule has 1 unspecified atom stereocenters. The number of phenols is 1. The van der Waals surface area contributed by atoms with Gasteiger partial charge in [0.15, 0.2) is 0 Å². The molecule has 0 spiro atoms. The van der Waals surface area contributed by atoms with Gasteiger partial charge in [0.2, 0.25) is 0 Å². The van der Waals surface area contributed by atoms with Crippen molar-refractivity contribution in [1.29, 1.82) is 0 Å². The van der Waals surface area contributed by atoms with Crippen LogP contribution in [0.15, 0.2) is 18.2 Å². The number of hydrogen-bond acceptors (Lipinski definition) is 2. The van der Waals surface area contributed by atoms with Gasteiger partial charge in [-0.3, -0.25) is 4.90 Å². The summed E-state index contributed by atoms with van der Waals surface area (Å²) in [4.78, 5) is 1.53. The number of rotatable bonds is 4. The largest absolute Gasteiger partial charge is 0.508 e. The molecule has 0 heterocycles. The molecule has 1 N–H and O–H groups in total. The molecule has 0 aliphatic heterocycles. The van der Waals surface area contributed by atoms with E-state index >= 15 is 0 Å². The van der Waals surface area contributed by atoms with Crippen molar-refractivity contribution >= 4 is 0 Å². The van der Waals surface area contributed by atoms with Gasteiger partial charge in [-0.1, -0.05) is 17.7 Å². The molecular weight excluding hydrogens is 212 g/mol. The summed E-state index contributed by atoms with van der Waals surface area (Å²) >= 11 is 0. The van der Waals surface area contributed by atoms with E-state index in [0.717, 1.165) is 5.56 Å². The quantitative estimate of drug-likeness (QED) is 0.858. The van der Waals surface area contributed by atoms with Crippen LogP contribution in [-0.4, -0.2) is 30.0 Å². The molecule has 0 saturated carbocycles. The Morgan fingerprint density at radius 1 is 1.38 bits per heavy atom. The lowest BCUT2D eigenvalue weighted by atomic mass is 10.0. The summed E-state index contributed by atoms with van der Waals surface area (Å²) in [6, 6.07) is 4.98. The van der Waals surface area contributed by atoms with Crippen LogP contribution in [0.1, 0.15) is 24.1 Å². The van der Waals surface area contributed by atoms with Crippen LogP contribution in [0.25, 0.3) is 0 Å². The summed E-state index contributed by atoms with van der Waals surface area (Å²) in [7, 11) is 1.62. The van der Waals surface area contributed by atoms with E-state index in [1.165, 1.54) is 4.90 Å². The van der Waals surface area contributed by atoms with E-state index in [1.807, 2.05) is 13.0 Å². The number of alkyl halides is 2. The predicted molar refractivity (Wildman–Crippen MR) is 59.9 cm³/mol. The minimum absolute atomic E-state index is 0.152. The Balaban J connectivity index is 2.86. The zero-order valence-electron chi connectivity index (χ0n) is 9.74. The van der Waals surface area contributed by atoms with E-state index in [0.29, 0.717) is 5.56 Å². The summed E-state index contributed by atoms with van der Waals surface area (Å²) < 4.78 is 24.5. The number of aryl methyl sites for hydroxylation is 1. The number of nitrogens with zero attached hydrogens (tertiary/aromatic N) is 1. The van der Waals surface area contributed by atoms with Crippen molar-refractivity contribution in [3.05, 3.63) is 29.3 Å². The van der Waals surface area contributed by atoms with Crippen molar-refractivity contribution < 1.29 is 13.9 Å². The highest BCUT2D eigenvalue weighted by Gasteiger charge is 2.18. The van der Waals surface area contributed by atoms with Gasteiger partial charge >= 0.3 is 0 Å². The van der Waals surface area contributed by atoms with E-state index in [4.69, 9.17) is 0 Å². The fraction of sp³-hybridized carbons (Fsp3) is 0.500. The summed E-state index contributed by atoms with van der Waals surface area (Å²) in [5.41, 5.74) is 1.69. The first-order valence-electron chi connectivity index (χ1n) is 5.19. The Kier molecular flexibility index (Phi) is 4.24. The maximum absolute atomic E-state index is 12.2. The Labute approximate surface area is 94.5 Å². The highest BCUT2D eigenvalue weighted by Crippen LogP contribution is 2.28. The average molecular weight is 229 g/mol. The second-order valence-electron chi connectivity index (χ2n) is 4.07. The van der Waals surface area contributed by atoms with Crippen LogP contribution in [0.3, 0.4) is 0 Å². The molecule has 16 heavy (non-hydrogen) atoms. The van der Waals surface area contributed by atoms with Crippen molar-refractivity contribution in [3.8, 4) is 5.75 Å². The van der Waals surface area contributed by atoms with Crippen molar-refractivity contribution in [2.75, 3.05) is 13.6 Å². The lowest BCUT2D eigenvalue weighted by Gasteiger charge is -2.25. The molecule has 0 aliphatic rings. The molecule has 2 nitrogen and oxygen atoms in total. The smallest absolute Gasteiger partial charge is 0.251 e. The zero-order valence-corrected chi connectivity index (χ0v) is 9.74. The first kappa shape index (κ1) is 12.9. The molecule has 1 aromatic rings. The molecule has 90 valence electrons. The van der Waals surface area contributed by atoms with Gasteiger partial charge in [0.25, 0.3) is 6.43 Å². The Hall–Kier alpha value is -1.16. The third-order valence-electron chi connectivity index (χ3n) is 2.72. The molecule has 1 atom stereocenters. The fourth-order valence-corrected chi connectivity index (χ4v) is 1.62. The molecule has 1 rings (SSSR count). The number of benzene rings is 1. The van der Waals surface area contributed by atoms with Crippen LogP contribution in [0.2, 0.25) is 0 Å². The highest BCUT2D eigenvalue weighted by atomic mass is 19.3.